The van der Waals surface area contributed by atoms with Crippen molar-refractivity contribution in [3.05, 3.63) is 73.7 Å². The molecule has 2 heterocycles. The van der Waals surface area contributed by atoms with Crippen LogP contribution in [0, 0.1) is 0 Å². The van der Waals surface area contributed by atoms with Gasteiger partial charge in [0.1, 0.15) is 0 Å². The van der Waals surface area contributed by atoms with Crippen LogP contribution in [0.25, 0.3) is 22.7 Å². The summed E-state index contributed by atoms with van der Waals surface area (Å²) in [5.41, 5.74) is 1.85. The Kier molecular flexibility index (Phi) is 6.75. The molecule has 0 saturated carbocycles. The molecule has 31 heavy (non-hydrogen) atoms. The fourth-order valence-electron chi connectivity index (χ4n) is 3.08. The molecule has 3 aromatic rings. The van der Waals surface area contributed by atoms with Crippen LogP contribution in [0.4, 0.5) is 0 Å². The van der Waals surface area contributed by atoms with E-state index in [1.807, 2.05) is 4.57 Å². The van der Waals surface area contributed by atoms with E-state index in [0.29, 0.717) is 43.0 Å². The number of pyridine rings is 2. The molecule has 8 heteroatoms. The van der Waals surface area contributed by atoms with E-state index in [1.54, 1.807) is 24.3 Å². The van der Waals surface area contributed by atoms with Crippen LogP contribution in [0.15, 0.2) is 41.8 Å². The van der Waals surface area contributed by atoms with Crippen LogP contribution in [-0.2, 0) is 11.0 Å². The smallest absolute Gasteiger partial charge is 0.192 e. The van der Waals surface area contributed by atoms with Crippen LogP contribution < -0.4 is 5.43 Å². The third-order valence-corrected chi connectivity index (χ3v) is 11.2. The molecule has 0 bridgehead atoms. The minimum atomic E-state index is -2.10. The number of para-hydroxylation sites is 1. The molecule has 0 spiro atoms. The molecule has 0 atom stereocenters. The fourth-order valence-corrected chi connectivity index (χ4v) is 4.81. The first-order valence-electron chi connectivity index (χ1n) is 9.83. The number of halogens is 3. The minimum absolute atomic E-state index is 0.00852. The molecular formula is C23H25Cl3N2O2Si. The second kappa shape index (κ2) is 8.72. The highest BCUT2D eigenvalue weighted by Gasteiger charge is 2.37. The number of nitrogens with zero attached hydrogens (tertiary/aromatic N) is 2. The fraction of sp³-hybridized carbons (Fsp3) is 0.304. The molecule has 1 aromatic carbocycles. The zero-order chi connectivity index (χ0) is 23.1. The lowest BCUT2D eigenvalue weighted by Crippen LogP contribution is -2.40. The van der Waals surface area contributed by atoms with E-state index in [2.05, 4.69) is 45.4 Å². The summed E-state index contributed by atoms with van der Waals surface area (Å²) in [5, 5.41) is 1.53. The standard InChI is InChI=1S/C23H25Cl3N2O2Si/c1-7-18-20-19(29)11-14(13-30-31(5,6)23(2,3)4)28(22(20)17(26)12-27-18)21-15(24)9-8-10-16(21)25/h7-12H,1,13H2,2-6H3. The van der Waals surface area contributed by atoms with E-state index in [9.17, 15) is 4.79 Å². The second-order valence-electron chi connectivity index (χ2n) is 8.87. The number of aromatic nitrogens is 2. The number of benzene rings is 1. The number of hydrogen-bond donors (Lipinski definition) is 0. The van der Waals surface area contributed by atoms with Crippen LogP contribution in [0.1, 0.15) is 32.2 Å². The summed E-state index contributed by atoms with van der Waals surface area (Å²) in [7, 11) is -2.10. The lowest BCUT2D eigenvalue weighted by atomic mass is 10.1. The van der Waals surface area contributed by atoms with Gasteiger partial charge in [-0.1, -0.05) is 68.2 Å². The van der Waals surface area contributed by atoms with Gasteiger partial charge in [0.05, 0.1) is 49.7 Å². The number of hydrogen-bond acceptors (Lipinski definition) is 3. The first-order valence-corrected chi connectivity index (χ1v) is 13.9. The van der Waals surface area contributed by atoms with Crippen LogP contribution >= 0.6 is 34.8 Å². The average Bonchev–Trinajstić information content (AvgIpc) is 2.67. The van der Waals surface area contributed by atoms with E-state index in [0.717, 1.165) is 0 Å². The van der Waals surface area contributed by atoms with Crippen molar-refractivity contribution in [3.63, 3.8) is 0 Å². The molecule has 164 valence electrons. The maximum absolute atomic E-state index is 13.1. The normalized spacial score (nSPS) is 12.4. The van der Waals surface area contributed by atoms with Crippen molar-refractivity contribution in [3.8, 4) is 5.69 Å². The maximum Gasteiger partial charge on any atom is 0.192 e. The molecule has 0 aliphatic heterocycles. The highest BCUT2D eigenvalue weighted by molar-refractivity contribution is 6.74. The van der Waals surface area contributed by atoms with Gasteiger partial charge >= 0.3 is 0 Å². The molecule has 0 amide bonds. The Balaban J connectivity index is 2.39. The zero-order valence-corrected chi connectivity index (χ0v) is 21.5. The Morgan fingerprint density at radius 3 is 2.32 bits per heavy atom. The minimum Gasteiger partial charge on any atom is -0.411 e. The molecule has 0 N–H and O–H groups in total. The van der Waals surface area contributed by atoms with Crippen molar-refractivity contribution in [2.24, 2.45) is 0 Å². The molecule has 0 aliphatic rings. The van der Waals surface area contributed by atoms with E-state index in [-0.39, 0.29) is 17.1 Å². The van der Waals surface area contributed by atoms with Crippen LogP contribution in [0.5, 0.6) is 0 Å². The van der Waals surface area contributed by atoms with Crippen LogP contribution in [0.3, 0.4) is 0 Å². The summed E-state index contributed by atoms with van der Waals surface area (Å²) >= 11 is 19.7. The topological polar surface area (TPSA) is 44.1 Å². The summed E-state index contributed by atoms with van der Waals surface area (Å²) < 4.78 is 8.25. The van der Waals surface area contributed by atoms with Gasteiger partial charge < -0.3 is 8.99 Å². The first-order chi connectivity index (χ1) is 14.4. The highest BCUT2D eigenvalue weighted by atomic mass is 35.5. The predicted octanol–water partition coefficient (Wildman–Crippen LogP) is 7.51. The van der Waals surface area contributed by atoms with E-state index in [1.165, 1.54) is 12.3 Å². The molecule has 4 nitrogen and oxygen atoms in total. The quantitative estimate of drug-likeness (QED) is 0.344. The van der Waals surface area contributed by atoms with Crippen LogP contribution in [0.2, 0.25) is 33.2 Å². The number of fused-ring (bicyclic) bond motifs is 1. The van der Waals surface area contributed by atoms with E-state index < -0.39 is 8.32 Å². The monoisotopic (exact) mass is 494 g/mol. The third kappa shape index (κ3) is 4.48. The SMILES string of the molecule is C=Cc1ncc(Cl)c2c1c(=O)cc(CO[Si](C)(C)C(C)(C)C)n2-c1c(Cl)cccc1Cl. The summed E-state index contributed by atoms with van der Waals surface area (Å²) in [6, 6.07) is 6.80. The number of rotatable bonds is 5. The lowest BCUT2D eigenvalue weighted by molar-refractivity contribution is 0.270. The largest absolute Gasteiger partial charge is 0.411 e. The van der Waals surface area contributed by atoms with Crippen molar-refractivity contribution in [1.82, 2.24) is 9.55 Å². The Bertz CT molecular complexity index is 1210. The van der Waals surface area contributed by atoms with Gasteiger partial charge in [-0.3, -0.25) is 9.78 Å². The second-order valence-corrected chi connectivity index (χ2v) is 14.9. The molecule has 0 saturated heterocycles. The van der Waals surface area contributed by atoms with Gasteiger partial charge in [-0.2, -0.15) is 0 Å². The predicted molar refractivity (Wildman–Crippen MR) is 134 cm³/mol. The van der Waals surface area contributed by atoms with Crippen LogP contribution in [-0.4, -0.2) is 17.9 Å². The van der Waals surface area contributed by atoms with Gasteiger partial charge in [-0.15, -0.1) is 0 Å². The molecule has 3 rings (SSSR count). The molecule has 2 aromatic heterocycles. The van der Waals surface area contributed by atoms with Gasteiger partial charge in [0.2, 0.25) is 0 Å². The average molecular weight is 496 g/mol. The van der Waals surface area contributed by atoms with Gasteiger partial charge in [-0.25, -0.2) is 0 Å². The zero-order valence-electron chi connectivity index (χ0n) is 18.2. The Labute approximate surface area is 198 Å². The van der Waals surface area contributed by atoms with Crippen molar-refractivity contribution in [2.45, 2.75) is 45.5 Å². The van der Waals surface area contributed by atoms with Gasteiger partial charge in [-0.05, 0) is 36.3 Å². The van der Waals surface area contributed by atoms with Crippen molar-refractivity contribution < 1.29 is 4.43 Å². The third-order valence-electron chi connectivity index (χ3n) is 5.83. The van der Waals surface area contributed by atoms with Gasteiger partial charge in [0.15, 0.2) is 13.7 Å². The molecular weight excluding hydrogens is 471 g/mol. The lowest BCUT2D eigenvalue weighted by Gasteiger charge is -2.36. The van der Waals surface area contributed by atoms with E-state index >= 15 is 0 Å². The first kappa shape index (κ1) is 24.0. The molecule has 0 unspecified atom stereocenters. The summed E-state index contributed by atoms with van der Waals surface area (Å²) in [6.45, 7) is 14.8. The highest BCUT2D eigenvalue weighted by Crippen LogP contribution is 2.38. The Morgan fingerprint density at radius 2 is 1.77 bits per heavy atom. The van der Waals surface area contributed by atoms with Crippen molar-refractivity contribution in [1.29, 1.82) is 0 Å². The molecule has 0 radical (unpaired) electrons. The summed E-state index contributed by atoms with van der Waals surface area (Å²) in [6.07, 6.45) is 3.03. The molecule has 0 aliphatic carbocycles. The Morgan fingerprint density at radius 1 is 1.16 bits per heavy atom. The van der Waals surface area contributed by atoms with E-state index in [4.69, 9.17) is 39.2 Å². The molecule has 0 fully saturated rings. The summed E-state index contributed by atoms with van der Waals surface area (Å²) in [5.74, 6) is 0. The van der Waals surface area contributed by atoms with Gasteiger partial charge in [0, 0.05) is 12.3 Å². The Hall–Kier alpha value is -1.63. The summed E-state index contributed by atoms with van der Waals surface area (Å²) in [4.78, 5) is 17.4. The van der Waals surface area contributed by atoms with Crippen molar-refractivity contribution in [2.75, 3.05) is 0 Å². The maximum atomic E-state index is 13.1. The van der Waals surface area contributed by atoms with Gasteiger partial charge in [0.25, 0.3) is 0 Å². The van der Waals surface area contributed by atoms with Crippen molar-refractivity contribution >= 4 is 60.1 Å².